The fourth-order valence-electron chi connectivity index (χ4n) is 1.05. The van der Waals surface area contributed by atoms with Gasteiger partial charge < -0.3 is 5.32 Å². The third kappa shape index (κ3) is 4.29. The maximum absolute atomic E-state index is 11.2. The van der Waals surface area contributed by atoms with Gasteiger partial charge in [-0.2, -0.15) is 0 Å². The van der Waals surface area contributed by atoms with Gasteiger partial charge in [-0.05, 0) is 18.6 Å². The van der Waals surface area contributed by atoms with Crippen LogP contribution in [0.15, 0.2) is 18.3 Å². The smallest absolute Gasteiger partial charge is 0.151 e. The molecule has 0 saturated heterocycles. The molecule has 15 heavy (non-hydrogen) atoms. The van der Waals surface area contributed by atoms with Crippen molar-refractivity contribution < 1.29 is 8.42 Å². The number of anilines is 1. The predicted molar refractivity (Wildman–Crippen MR) is 61.8 cm³/mol. The van der Waals surface area contributed by atoms with Crippen molar-refractivity contribution in [3.05, 3.63) is 23.9 Å². The minimum Gasteiger partial charge on any atom is -0.369 e. The van der Waals surface area contributed by atoms with Crippen LogP contribution in [0, 0.1) is 6.92 Å². The molecule has 0 aliphatic rings. The molecule has 4 nitrogen and oxygen atoms in total. The lowest BCUT2D eigenvalue weighted by Gasteiger charge is -2.05. The Hall–Kier alpha value is -1.10. The summed E-state index contributed by atoms with van der Waals surface area (Å²) >= 11 is 0. The average Bonchev–Trinajstić information content (AvgIpc) is 2.21. The molecule has 0 saturated carbocycles. The Kier molecular flexibility index (Phi) is 4.08. The molecule has 0 aliphatic carbocycles. The van der Waals surface area contributed by atoms with E-state index in [9.17, 15) is 8.42 Å². The summed E-state index contributed by atoms with van der Waals surface area (Å²) in [5, 5.41) is 2.97. The fraction of sp³-hybridized carbons (Fsp3) is 0.500. The molecule has 1 N–H and O–H groups in total. The molecule has 0 aromatic carbocycles. The first-order valence-corrected chi connectivity index (χ1v) is 6.72. The summed E-state index contributed by atoms with van der Waals surface area (Å²) in [4.78, 5) is 4.12. The molecule has 1 rings (SSSR count). The van der Waals surface area contributed by atoms with E-state index in [1.54, 1.807) is 13.1 Å². The third-order valence-electron chi connectivity index (χ3n) is 2.07. The molecule has 0 unspecified atom stereocenters. The highest BCUT2D eigenvalue weighted by atomic mass is 32.2. The van der Waals surface area contributed by atoms with Gasteiger partial charge in [0.25, 0.3) is 0 Å². The van der Waals surface area contributed by atoms with Gasteiger partial charge in [0.15, 0.2) is 9.84 Å². The molecular formula is C10H16N2O2S. The molecule has 0 spiro atoms. The van der Waals surface area contributed by atoms with Gasteiger partial charge in [0, 0.05) is 18.5 Å². The largest absolute Gasteiger partial charge is 0.369 e. The number of nitrogens with one attached hydrogen (secondary N) is 1. The van der Waals surface area contributed by atoms with Crippen LogP contribution in [0.3, 0.4) is 0 Å². The van der Waals surface area contributed by atoms with Gasteiger partial charge in [-0.15, -0.1) is 0 Å². The van der Waals surface area contributed by atoms with E-state index in [1.807, 2.05) is 19.1 Å². The summed E-state index contributed by atoms with van der Waals surface area (Å²) in [6.45, 7) is 4.02. The van der Waals surface area contributed by atoms with Crippen molar-refractivity contribution in [1.82, 2.24) is 4.98 Å². The molecule has 1 aromatic heterocycles. The van der Waals surface area contributed by atoms with Gasteiger partial charge in [-0.25, -0.2) is 13.4 Å². The Bertz CT molecular complexity index is 398. The molecule has 1 heterocycles. The maximum atomic E-state index is 11.2. The number of aryl methyl sites for hydroxylation is 1. The lowest BCUT2D eigenvalue weighted by atomic mass is 10.3. The van der Waals surface area contributed by atoms with Gasteiger partial charge in [0.1, 0.15) is 5.82 Å². The van der Waals surface area contributed by atoms with Crippen LogP contribution in [0.2, 0.25) is 0 Å². The minimum atomic E-state index is -2.89. The van der Waals surface area contributed by atoms with Crippen LogP contribution in [0.5, 0.6) is 0 Å². The Balaban J connectivity index is 2.42. The van der Waals surface area contributed by atoms with E-state index >= 15 is 0 Å². The number of aromatic nitrogens is 1. The van der Waals surface area contributed by atoms with Crippen molar-refractivity contribution >= 4 is 15.7 Å². The van der Waals surface area contributed by atoms with Crippen molar-refractivity contribution in [3.8, 4) is 0 Å². The van der Waals surface area contributed by atoms with Crippen LogP contribution in [-0.2, 0) is 9.84 Å². The second-order valence-corrected chi connectivity index (χ2v) is 5.86. The highest BCUT2D eigenvalue weighted by Crippen LogP contribution is 2.03. The van der Waals surface area contributed by atoms with Crippen molar-refractivity contribution in [3.63, 3.8) is 0 Å². The van der Waals surface area contributed by atoms with Crippen LogP contribution >= 0.6 is 0 Å². The first-order chi connectivity index (χ1) is 7.03. The van der Waals surface area contributed by atoms with E-state index in [0.29, 0.717) is 12.4 Å². The van der Waals surface area contributed by atoms with Crippen molar-refractivity contribution in [2.75, 3.05) is 23.4 Å². The van der Waals surface area contributed by atoms with Gasteiger partial charge in [0.05, 0.1) is 5.75 Å². The van der Waals surface area contributed by atoms with Crippen LogP contribution < -0.4 is 5.32 Å². The molecule has 5 heteroatoms. The van der Waals surface area contributed by atoms with Crippen LogP contribution in [0.25, 0.3) is 0 Å². The third-order valence-corrected chi connectivity index (χ3v) is 3.78. The molecule has 0 radical (unpaired) electrons. The Morgan fingerprint density at radius 2 is 2.13 bits per heavy atom. The van der Waals surface area contributed by atoms with Crippen molar-refractivity contribution in [2.24, 2.45) is 0 Å². The molecule has 84 valence electrons. The maximum Gasteiger partial charge on any atom is 0.151 e. The zero-order valence-corrected chi connectivity index (χ0v) is 9.84. The lowest BCUT2D eigenvalue weighted by Crippen LogP contribution is -2.17. The van der Waals surface area contributed by atoms with Crippen molar-refractivity contribution in [2.45, 2.75) is 13.8 Å². The van der Waals surface area contributed by atoms with Gasteiger partial charge in [-0.3, -0.25) is 0 Å². The summed E-state index contributed by atoms with van der Waals surface area (Å²) in [5.41, 5.74) is 1.08. The first-order valence-electron chi connectivity index (χ1n) is 4.90. The first kappa shape index (κ1) is 12.0. The molecular weight excluding hydrogens is 212 g/mol. The Morgan fingerprint density at radius 3 is 2.67 bits per heavy atom. The predicted octanol–water partition coefficient (Wildman–Crippen LogP) is 1.24. The highest BCUT2D eigenvalue weighted by Gasteiger charge is 2.06. The normalized spacial score (nSPS) is 11.3. The molecule has 0 fully saturated rings. The summed E-state index contributed by atoms with van der Waals surface area (Å²) in [6, 6.07) is 3.78. The van der Waals surface area contributed by atoms with E-state index in [4.69, 9.17) is 0 Å². The number of rotatable bonds is 5. The number of nitrogens with zero attached hydrogens (tertiary/aromatic N) is 1. The summed E-state index contributed by atoms with van der Waals surface area (Å²) in [7, 11) is -2.89. The lowest BCUT2D eigenvalue weighted by molar-refractivity contribution is 0.597. The highest BCUT2D eigenvalue weighted by molar-refractivity contribution is 7.91. The summed E-state index contributed by atoms with van der Waals surface area (Å²) in [6.07, 6.45) is 1.75. The van der Waals surface area contributed by atoms with E-state index in [1.165, 1.54) is 0 Å². The zero-order valence-electron chi connectivity index (χ0n) is 9.03. The Morgan fingerprint density at radius 1 is 1.40 bits per heavy atom. The average molecular weight is 228 g/mol. The van der Waals surface area contributed by atoms with Crippen LogP contribution in [0.1, 0.15) is 12.5 Å². The van der Waals surface area contributed by atoms with E-state index in [2.05, 4.69) is 10.3 Å². The summed E-state index contributed by atoms with van der Waals surface area (Å²) in [5.74, 6) is 1.06. The standard InChI is InChI=1S/C10H16N2O2S/c1-3-15(13,14)7-6-11-10-5-4-9(2)8-12-10/h4-5,8H,3,6-7H2,1-2H3,(H,11,12). The SMILES string of the molecule is CCS(=O)(=O)CCNc1ccc(C)cn1. The van der Waals surface area contributed by atoms with Crippen LogP contribution in [0.4, 0.5) is 5.82 Å². The monoisotopic (exact) mass is 228 g/mol. The number of pyridine rings is 1. The van der Waals surface area contributed by atoms with Crippen LogP contribution in [-0.4, -0.2) is 31.5 Å². The molecule has 1 aromatic rings. The minimum absolute atomic E-state index is 0.152. The van der Waals surface area contributed by atoms with E-state index < -0.39 is 9.84 Å². The summed E-state index contributed by atoms with van der Waals surface area (Å²) < 4.78 is 22.4. The second kappa shape index (κ2) is 5.11. The second-order valence-electron chi connectivity index (χ2n) is 3.38. The molecule has 0 aliphatic heterocycles. The number of sulfone groups is 1. The molecule has 0 amide bonds. The zero-order chi connectivity index (χ0) is 11.3. The van der Waals surface area contributed by atoms with E-state index in [0.717, 1.165) is 5.56 Å². The van der Waals surface area contributed by atoms with Gasteiger partial charge in [0.2, 0.25) is 0 Å². The van der Waals surface area contributed by atoms with Crippen molar-refractivity contribution in [1.29, 1.82) is 0 Å². The topological polar surface area (TPSA) is 59.1 Å². The van der Waals surface area contributed by atoms with Gasteiger partial charge >= 0.3 is 0 Å². The number of hydrogen-bond acceptors (Lipinski definition) is 4. The van der Waals surface area contributed by atoms with Gasteiger partial charge in [-0.1, -0.05) is 13.0 Å². The quantitative estimate of drug-likeness (QED) is 0.823. The Labute approximate surface area is 90.7 Å². The molecule has 0 atom stereocenters. The number of hydrogen-bond donors (Lipinski definition) is 1. The molecule has 0 bridgehead atoms. The fourth-order valence-corrected chi connectivity index (χ4v) is 1.75. The van der Waals surface area contributed by atoms with E-state index in [-0.39, 0.29) is 11.5 Å².